The van der Waals surface area contributed by atoms with E-state index in [-0.39, 0.29) is 6.61 Å². The van der Waals surface area contributed by atoms with E-state index in [0.29, 0.717) is 29.5 Å². The highest BCUT2D eigenvalue weighted by molar-refractivity contribution is 8.01. The van der Waals surface area contributed by atoms with Crippen LogP contribution < -0.4 is 0 Å². The third kappa shape index (κ3) is 4.09. The van der Waals surface area contributed by atoms with Crippen molar-refractivity contribution in [3.8, 4) is 0 Å². The molecule has 0 aliphatic carbocycles. The van der Waals surface area contributed by atoms with Crippen LogP contribution in [0, 0.1) is 6.92 Å². The first kappa shape index (κ1) is 13.4. The van der Waals surface area contributed by atoms with E-state index in [1.165, 1.54) is 23.1 Å². The van der Waals surface area contributed by atoms with Crippen LogP contribution in [0.3, 0.4) is 0 Å². The van der Waals surface area contributed by atoms with Gasteiger partial charge in [-0.2, -0.15) is 0 Å². The lowest BCUT2D eigenvalue weighted by Crippen LogP contribution is -2.02. The molecule has 0 saturated carbocycles. The molecule has 0 amide bonds. The molecule has 5 nitrogen and oxygen atoms in total. The van der Waals surface area contributed by atoms with Crippen LogP contribution in [0.5, 0.6) is 0 Å². The number of aromatic nitrogens is 1. The zero-order chi connectivity index (χ0) is 12.0. The molecule has 1 rings (SSSR count). The summed E-state index contributed by atoms with van der Waals surface area (Å²) in [5, 5.41) is 17.3. The van der Waals surface area contributed by atoms with Gasteiger partial charge in [-0.3, -0.25) is 0 Å². The second kappa shape index (κ2) is 6.85. The van der Waals surface area contributed by atoms with Crippen LogP contribution in [0.15, 0.2) is 4.34 Å². The minimum atomic E-state index is -0.932. The van der Waals surface area contributed by atoms with Crippen molar-refractivity contribution in [3.05, 3.63) is 10.6 Å². The molecule has 0 atom stereocenters. The number of hydrogen-bond acceptors (Lipinski definition) is 6. The largest absolute Gasteiger partial charge is 0.477 e. The van der Waals surface area contributed by atoms with Gasteiger partial charge in [0.2, 0.25) is 0 Å². The molecule has 1 aromatic rings. The number of thioether (sulfide) groups is 1. The van der Waals surface area contributed by atoms with Crippen LogP contribution in [0.2, 0.25) is 0 Å². The zero-order valence-corrected chi connectivity index (χ0v) is 10.4. The molecule has 0 radical (unpaired) electrons. The van der Waals surface area contributed by atoms with Crippen LogP contribution in [0.1, 0.15) is 15.4 Å². The molecule has 0 unspecified atom stereocenters. The molecule has 0 bridgehead atoms. The van der Waals surface area contributed by atoms with Gasteiger partial charge in [0.15, 0.2) is 4.34 Å². The van der Waals surface area contributed by atoms with Crippen molar-refractivity contribution in [2.75, 3.05) is 25.6 Å². The van der Waals surface area contributed by atoms with Gasteiger partial charge in [0, 0.05) is 5.75 Å². The quantitative estimate of drug-likeness (QED) is 0.569. The number of carbonyl (C=O) groups is 1. The molecule has 90 valence electrons. The average molecular weight is 263 g/mol. The number of aromatic carboxylic acids is 1. The molecule has 0 aromatic carbocycles. The number of rotatable bonds is 7. The Morgan fingerprint density at radius 2 is 2.31 bits per heavy atom. The summed E-state index contributed by atoms with van der Waals surface area (Å²) >= 11 is 2.64. The first-order valence-electron chi connectivity index (χ1n) is 4.67. The van der Waals surface area contributed by atoms with Gasteiger partial charge in [-0.25, -0.2) is 9.78 Å². The number of ether oxygens (including phenoxy) is 1. The Morgan fingerprint density at radius 1 is 1.56 bits per heavy atom. The predicted molar refractivity (Wildman–Crippen MR) is 62.4 cm³/mol. The van der Waals surface area contributed by atoms with Gasteiger partial charge in [0.1, 0.15) is 4.88 Å². The van der Waals surface area contributed by atoms with Gasteiger partial charge >= 0.3 is 5.97 Å². The lowest BCUT2D eigenvalue weighted by molar-refractivity contribution is 0.0701. The smallest absolute Gasteiger partial charge is 0.347 e. The number of hydrogen-bond donors (Lipinski definition) is 2. The van der Waals surface area contributed by atoms with Crippen LogP contribution >= 0.6 is 23.1 Å². The average Bonchev–Trinajstić information content (AvgIpc) is 2.59. The van der Waals surface area contributed by atoms with Crippen LogP contribution in [0.4, 0.5) is 0 Å². The van der Waals surface area contributed by atoms with E-state index in [1.807, 2.05) is 0 Å². The van der Waals surface area contributed by atoms with E-state index in [1.54, 1.807) is 6.92 Å². The fourth-order valence-electron chi connectivity index (χ4n) is 0.986. The maximum absolute atomic E-state index is 10.8. The van der Waals surface area contributed by atoms with E-state index in [4.69, 9.17) is 14.9 Å². The molecule has 0 spiro atoms. The summed E-state index contributed by atoms with van der Waals surface area (Å²) in [4.78, 5) is 15.2. The van der Waals surface area contributed by atoms with Crippen molar-refractivity contribution in [3.63, 3.8) is 0 Å². The Hall–Kier alpha value is -0.630. The van der Waals surface area contributed by atoms with E-state index in [9.17, 15) is 4.79 Å². The molecule has 0 aliphatic heterocycles. The van der Waals surface area contributed by atoms with Gasteiger partial charge in [0.25, 0.3) is 0 Å². The summed E-state index contributed by atoms with van der Waals surface area (Å²) in [5.41, 5.74) is 0.552. The van der Waals surface area contributed by atoms with Crippen LogP contribution in [-0.2, 0) is 4.74 Å². The highest BCUT2D eigenvalue weighted by atomic mass is 32.2. The van der Waals surface area contributed by atoms with E-state index in [0.717, 1.165) is 4.34 Å². The van der Waals surface area contributed by atoms with Crippen LogP contribution in [0.25, 0.3) is 0 Å². The van der Waals surface area contributed by atoms with Gasteiger partial charge in [-0.05, 0) is 6.92 Å². The Kier molecular flexibility index (Phi) is 5.75. The van der Waals surface area contributed by atoms with Gasteiger partial charge in [0.05, 0.1) is 25.5 Å². The van der Waals surface area contributed by atoms with Crippen molar-refractivity contribution in [2.24, 2.45) is 0 Å². The SMILES string of the molecule is Cc1nc(SCCOCCO)sc1C(=O)O. The summed E-state index contributed by atoms with van der Waals surface area (Å²) in [6.45, 7) is 2.56. The minimum Gasteiger partial charge on any atom is -0.477 e. The van der Waals surface area contributed by atoms with Crippen molar-refractivity contribution >= 4 is 29.1 Å². The van der Waals surface area contributed by atoms with Crippen molar-refractivity contribution < 1.29 is 19.7 Å². The number of carboxylic acids is 1. The molecule has 1 aromatic heterocycles. The number of carboxylic acid groups (broad SMARTS) is 1. The van der Waals surface area contributed by atoms with Gasteiger partial charge < -0.3 is 14.9 Å². The number of nitrogens with zero attached hydrogens (tertiary/aromatic N) is 1. The summed E-state index contributed by atoms with van der Waals surface area (Å²) in [6.07, 6.45) is 0. The standard InChI is InChI=1S/C9H13NO4S2/c1-6-7(8(12)13)16-9(10-6)15-5-4-14-3-2-11/h11H,2-5H2,1H3,(H,12,13). The third-order valence-corrected chi connectivity index (χ3v) is 3.91. The lowest BCUT2D eigenvalue weighted by Gasteiger charge is -1.99. The molecular weight excluding hydrogens is 250 g/mol. The van der Waals surface area contributed by atoms with Crippen molar-refractivity contribution in [1.82, 2.24) is 4.98 Å². The fraction of sp³-hybridized carbons (Fsp3) is 0.556. The topological polar surface area (TPSA) is 79.7 Å². The summed E-state index contributed by atoms with van der Waals surface area (Å²) in [6, 6.07) is 0. The monoisotopic (exact) mass is 263 g/mol. The molecule has 0 saturated heterocycles. The molecule has 0 fully saturated rings. The number of aliphatic hydroxyl groups excluding tert-OH is 1. The molecule has 0 aliphatic rings. The molecular formula is C9H13NO4S2. The molecule has 1 heterocycles. The summed E-state index contributed by atoms with van der Waals surface area (Å²) in [5.74, 6) is -0.232. The number of aryl methyl sites for hydroxylation is 1. The van der Waals surface area contributed by atoms with E-state index >= 15 is 0 Å². The molecule has 7 heteroatoms. The Labute approximate surface area is 101 Å². The fourth-order valence-corrected chi connectivity index (χ4v) is 2.94. The summed E-state index contributed by atoms with van der Waals surface area (Å²) in [7, 11) is 0. The predicted octanol–water partition coefficient (Wildman–Crippen LogP) is 1.25. The van der Waals surface area contributed by atoms with Gasteiger partial charge in [-0.1, -0.05) is 11.8 Å². The van der Waals surface area contributed by atoms with Gasteiger partial charge in [-0.15, -0.1) is 11.3 Å². The Balaban J connectivity index is 2.37. The van der Waals surface area contributed by atoms with E-state index < -0.39 is 5.97 Å². The number of thiazole rings is 1. The zero-order valence-electron chi connectivity index (χ0n) is 8.80. The number of aliphatic hydroxyl groups is 1. The first-order valence-corrected chi connectivity index (χ1v) is 6.47. The lowest BCUT2D eigenvalue weighted by atomic mass is 10.4. The molecule has 16 heavy (non-hydrogen) atoms. The second-order valence-corrected chi connectivity index (χ2v) is 5.23. The summed E-state index contributed by atoms with van der Waals surface area (Å²) < 4.78 is 5.82. The highest BCUT2D eigenvalue weighted by Gasteiger charge is 2.13. The highest BCUT2D eigenvalue weighted by Crippen LogP contribution is 2.26. The van der Waals surface area contributed by atoms with Crippen LogP contribution in [-0.4, -0.2) is 46.7 Å². The Bertz CT molecular complexity index is 353. The maximum atomic E-state index is 10.8. The second-order valence-electron chi connectivity index (χ2n) is 2.88. The van der Waals surface area contributed by atoms with Crippen molar-refractivity contribution in [2.45, 2.75) is 11.3 Å². The molecule has 2 N–H and O–H groups in total. The normalized spacial score (nSPS) is 10.6. The van der Waals surface area contributed by atoms with Crippen molar-refractivity contribution in [1.29, 1.82) is 0 Å². The third-order valence-electron chi connectivity index (χ3n) is 1.66. The maximum Gasteiger partial charge on any atom is 0.347 e. The minimum absolute atomic E-state index is 0.0180. The van der Waals surface area contributed by atoms with E-state index in [2.05, 4.69) is 4.98 Å². The first-order chi connectivity index (χ1) is 7.65. The Morgan fingerprint density at radius 3 is 2.88 bits per heavy atom.